The average Bonchev–Trinajstić information content (AvgIpc) is 3.23. The van der Waals surface area contributed by atoms with Crippen LogP contribution in [0.4, 0.5) is 11.4 Å². The zero-order chi connectivity index (χ0) is 26.8. The third kappa shape index (κ3) is 5.66. The molecular weight excluding hydrogens is 492 g/mol. The molecule has 37 heavy (non-hydrogen) atoms. The lowest BCUT2D eigenvalue weighted by atomic mass is 9.99. The van der Waals surface area contributed by atoms with Gasteiger partial charge in [0, 0.05) is 46.0 Å². The number of nitrogens with zero attached hydrogens (tertiary/aromatic N) is 3. The number of methoxy groups -OCH3 is 1. The molecule has 1 saturated heterocycles. The number of imidazole rings is 1. The summed E-state index contributed by atoms with van der Waals surface area (Å²) in [7, 11) is -2.16. The summed E-state index contributed by atoms with van der Waals surface area (Å²) in [6, 6.07) is 11.8. The molecular formula is C27H36N4O5S. The Hall–Kier alpha value is -2.95. The maximum Gasteiger partial charge on any atom is 0.264 e. The van der Waals surface area contributed by atoms with Gasteiger partial charge in [-0.25, -0.2) is 13.4 Å². The van der Waals surface area contributed by atoms with Gasteiger partial charge in [0.25, 0.3) is 10.0 Å². The Kier molecular flexibility index (Phi) is 7.91. The van der Waals surface area contributed by atoms with Crippen molar-refractivity contribution in [3.05, 3.63) is 48.3 Å². The molecule has 0 spiro atoms. The van der Waals surface area contributed by atoms with E-state index < -0.39 is 15.6 Å². The number of amides is 1. The predicted octanol–water partition coefficient (Wildman–Crippen LogP) is 4.52. The third-order valence-corrected chi connectivity index (χ3v) is 8.82. The number of benzene rings is 2. The number of hydrogen-bond acceptors (Lipinski definition) is 6. The van der Waals surface area contributed by atoms with E-state index in [1.165, 1.54) is 23.4 Å². The van der Waals surface area contributed by atoms with Crippen molar-refractivity contribution in [2.45, 2.75) is 57.6 Å². The Balaban J connectivity index is 1.72. The molecule has 2 heterocycles. The molecule has 0 saturated carbocycles. The second kappa shape index (κ2) is 10.8. The van der Waals surface area contributed by atoms with Gasteiger partial charge in [0.2, 0.25) is 5.91 Å². The molecule has 1 aliphatic rings. The standard InChI is InChI=1S/C27H36N4O5S/c1-6-31(37(33,34)23-10-7-21(8-11-23)28-19(2)32)22-9-12-25-24(17-22)29-26(27(3,4)35-5)30(25)18-20-13-15-36-16-14-20/h7-12,17,20H,6,13-16,18H2,1-5H3,(H,28,32). The summed E-state index contributed by atoms with van der Waals surface area (Å²) >= 11 is 0. The van der Waals surface area contributed by atoms with Gasteiger partial charge >= 0.3 is 0 Å². The molecule has 1 fully saturated rings. The number of anilines is 2. The van der Waals surface area contributed by atoms with Crippen LogP contribution in [-0.2, 0) is 36.4 Å². The van der Waals surface area contributed by atoms with Gasteiger partial charge in [-0.05, 0) is 82.0 Å². The van der Waals surface area contributed by atoms with Crippen molar-refractivity contribution >= 4 is 38.3 Å². The molecule has 1 amide bonds. The van der Waals surface area contributed by atoms with Gasteiger partial charge in [-0.2, -0.15) is 0 Å². The summed E-state index contributed by atoms with van der Waals surface area (Å²) in [5.74, 6) is 1.07. The molecule has 0 atom stereocenters. The van der Waals surface area contributed by atoms with Gasteiger partial charge < -0.3 is 19.4 Å². The van der Waals surface area contributed by atoms with E-state index in [1.54, 1.807) is 26.2 Å². The first-order valence-electron chi connectivity index (χ1n) is 12.6. The van der Waals surface area contributed by atoms with Crippen molar-refractivity contribution < 1.29 is 22.7 Å². The lowest BCUT2D eigenvalue weighted by Gasteiger charge is -2.27. The van der Waals surface area contributed by atoms with Crippen LogP contribution < -0.4 is 9.62 Å². The average molecular weight is 529 g/mol. The summed E-state index contributed by atoms with van der Waals surface area (Å²) in [5, 5.41) is 2.66. The second-order valence-electron chi connectivity index (χ2n) is 9.86. The normalized spacial score (nSPS) is 15.2. The number of nitrogens with one attached hydrogen (secondary N) is 1. The zero-order valence-electron chi connectivity index (χ0n) is 22.2. The Labute approximate surface area is 218 Å². The van der Waals surface area contributed by atoms with Crippen LogP contribution in [0.3, 0.4) is 0 Å². The minimum atomic E-state index is -3.83. The van der Waals surface area contributed by atoms with E-state index in [0.29, 0.717) is 17.3 Å². The molecule has 1 aliphatic heterocycles. The minimum absolute atomic E-state index is 0.148. The highest BCUT2D eigenvalue weighted by molar-refractivity contribution is 7.92. The minimum Gasteiger partial charge on any atom is -0.381 e. The van der Waals surface area contributed by atoms with Gasteiger partial charge in [0.05, 0.1) is 21.6 Å². The topological polar surface area (TPSA) is 103 Å². The molecule has 0 aliphatic carbocycles. The van der Waals surface area contributed by atoms with Crippen LogP contribution in [-0.4, -0.2) is 50.7 Å². The number of fused-ring (bicyclic) bond motifs is 1. The second-order valence-corrected chi connectivity index (χ2v) is 11.7. The fraction of sp³-hybridized carbons (Fsp3) is 0.481. The largest absolute Gasteiger partial charge is 0.381 e. The van der Waals surface area contributed by atoms with E-state index >= 15 is 0 Å². The first kappa shape index (κ1) is 27.1. The van der Waals surface area contributed by atoms with Crippen LogP contribution >= 0.6 is 0 Å². The first-order chi connectivity index (χ1) is 17.6. The van der Waals surface area contributed by atoms with Crippen LogP contribution in [0, 0.1) is 5.92 Å². The highest BCUT2D eigenvalue weighted by Crippen LogP contribution is 2.33. The zero-order valence-corrected chi connectivity index (χ0v) is 23.0. The maximum atomic E-state index is 13.6. The quantitative estimate of drug-likeness (QED) is 0.438. The molecule has 1 aromatic heterocycles. The molecule has 2 aromatic carbocycles. The van der Waals surface area contributed by atoms with E-state index in [2.05, 4.69) is 9.88 Å². The number of sulfonamides is 1. The monoisotopic (exact) mass is 528 g/mol. The van der Waals surface area contributed by atoms with E-state index in [0.717, 1.165) is 49.5 Å². The number of carbonyl (C=O) groups is 1. The van der Waals surface area contributed by atoms with Crippen molar-refractivity contribution in [3.63, 3.8) is 0 Å². The summed E-state index contributed by atoms with van der Waals surface area (Å²) in [5.41, 5.74) is 2.14. The van der Waals surface area contributed by atoms with E-state index in [9.17, 15) is 13.2 Å². The van der Waals surface area contributed by atoms with Crippen LogP contribution in [0.1, 0.15) is 46.4 Å². The number of hydrogen-bond donors (Lipinski definition) is 1. The van der Waals surface area contributed by atoms with E-state index in [1.807, 2.05) is 32.0 Å². The highest BCUT2D eigenvalue weighted by Gasteiger charge is 2.30. The number of ether oxygens (including phenoxy) is 2. The van der Waals surface area contributed by atoms with Gasteiger partial charge in [-0.3, -0.25) is 9.10 Å². The van der Waals surface area contributed by atoms with Crippen molar-refractivity contribution in [3.8, 4) is 0 Å². The Morgan fingerprint density at radius 2 is 1.86 bits per heavy atom. The van der Waals surface area contributed by atoms with Crippen LogP contribution in [0.25, 0.3) is 11.0 Å². The summed E-state index contributed by atoms with van der Waals surface area (Å²) in [4.78, 5) is 16.4. The summed E-state index contributed by atoms with van der Waals surface area (Å²) in [6.07, 6.45) is 1.99. The molecule has 200 valence electrons. The van der Waals surface area contributed by atoms with Gasteiger partial charge in [-0.1, -0.05) is 0 Å². The predicted molar refractivity (Wildman–Crippen MR) is 144 cm³/mol. The Morgan fingerprint density at radius 1 is 1.19 bits per heavy atom. The van der Waals surface area contributed by atoms with Crippen molar-refractivity contribution in [2.24, 2.45) is 5.92 Å². The number of carbonyl (C=O) groups excluding carboxylic acids is 1. The smallest absolute Gasteiger partial charge is 0.264 e. The summed E-state index contributed by atoms with van der Waals surface area (Å²) < 4.78 is 42.0. The fourth-order valence-electron chi connectivity index (χ4n) is 4.73. The molecule has 9 nitrogen and oxygen atoms in total. The van der Waals surface area contributed by atoms with E-state index in [-0.39, 0.29) is 17.3 Å². The Bertz CT molecular complexity index is 1360. The molecule has 0 unspecified atom stereocenters. The molecule has 0 radical (unpaired) electrons. The van der Waals surface area contributed by atoms with E-state index in [4.69, 9.17) is 14.5 Å². The molecule has 0 bridgehead atoms. The SMILES string of the molecule is CCN(c1ccc2c(c1)nc(C(C)(C)OC)n2CC1CCOCC1)S(=O)(=O)c1ccc(NC(C)=O)cc1. The van der Waals surface area contributed by atoms with Crippen LogP contribution in [0.5, 0.6) is 0 Å². The summed E-state index contributed by atoms with van der Waals surface area (Å²) in [6.45, 7) is 9.77. The molecule has 3 aromatic rings. The maximum absolute atomic E-state index is 13.6. The van der Waals surface area contributed by atoms with Crippen LogP contribution in [0.15, 0.2) is 47.4 Å². The molecule has 10 heteroatoms. The van der Waals surface area contributed by atoms with Crippen molar-refractivity contribution in [1.82, 2.24) is 9.55 Å². The van der Waals surface area contributed by atoms with Crippen LogP contribution in [0.2, 0.25) is 0 Å². The molecule has 4 rings (SSSR count). The molecule has 1 N–H and O–H groups in total. The highest BCUT2D eigenvalue weighted by atomic mass is 32.2. The lowest BCUT2D eigenvalue weighted by molar-refractivity contribution is -0.114. The lowest BCUT2D eigenvalue weighted by Crippen LogP contribution is -2.30. The Morgan fingerprint density at radius 3 is 2.46 bits per heavy atom. The number of rotatable bonds is 9. The van der Waals surface area contributed by atoms with Gasteiger partial charge in [-0.15, -0.1) is 0 Å². The first-order valence-corrected chi connectivity index (χ1v) is 14.0. The van der Waals surface area contributed by atoms with Gasteiger partial charge in [0.15, 0.2) is 0 Å². The number of aromatic nitrogens is 2. The van der Waals surface area contributed by atoms with Crippen molar-refractivity contribution in [1.29, 1.82) is 0 Å². The van der Waals surface area contributed by atoms with Gasteiger partial charge in [0.1, 0.15) is 11.4 Å². The van der Waals surface area contributed by atoms with Crippen molar-refractivity contribution in [2.75, 3.05) is 36.5 Å². The fourth-order valence-corrected chi connectivity index (χ4v) is 6.19. The third-order valence-electron chi connectivity index (χ3n) is 6.90.